The molecule has 0 heterocycles. The molecular formula is C19H29NO. The van der Waals surface area contributed by atoms with E-state index in [0.717, 1.165) is 18.0 Å². The summed E-state index contributed by atoms with van der Waals surface area (Å²) >= 11 is 0. The molecule has 2 rings (SSSR count). The molecule has 2 nitrogen and oxygen atoms in total. The topological polar surface area (TPSA) is 21.3 Å². The summed E-state index contributed by atoms with van der Waals surface area (Å²) < 4.78 is 5.12. The highest BCUT2D eigenvalue weighted by atomic mass is 16.5. The summed E-state index contributed by atoms with van der Waals surface area (Å²) in [7, 11) is 1.68. The summed E-state index contributed by atoms with van der Waals surface area (Å²) in [5.41, 5.74) is 3.68. The van der Waals surface area contributed by atoms with Gasteiger partial charge in [-0.1, -0.05) is 57.5 Å². The lowest BCUT2D eigenvalue weighted by molar-refractivity contribution is 0.415. The molecule has 0 aliphatic heterocycles. The average Bonchev–Trinajstić information content (AvgIpc) is 2.58. The van der Waals surface area contributed by atoms with E-state index in [1.54, 1.807) is 7.11 Å². The highest BCUT2D eigenvalue weighted by Crippen LogP contribution is 2.15. The molecule has 1 N–H and O–H groups in total. The maximum atomic E-state index is 5.12. The Morgan fingerprint density at radius 3 is 1.81 bits per heavy atom. The van der Waals surface area contributed by atoms with Crippen LogP contribution in [-0.4, -0.2) is 7.11 Å². The van der Waals surface area contributed by atoms with Crippen LogP contribution in [0.5, 0.6) is 5.75 Å². The van der Waals surface area contributed by atoms with Crippen LogP contribution in [0.25, 0.3) is 0 Å². The fraction of sp³-hybridized carbons (Fsp3) is 0.368. The molecule has 0 aliphatic carbocycles. The van der Waals surface area contributed by atoms with Gasteiger partial charge < -0.3 is 10.1 Å². The second-order valence-electron chi connectivity index (χ2n) is 4.07. The van der Waals surface area contributed by atoms with E-state index >= 15 is 0 Å². The van der Waals surface area contributed by atoms with Gasteiger partial charge in [0.05, 0.1) is 7.11 Å². The predicted molar refractivity (Wildman–Crippen MR) is 94.2 cm³/mol. The van der Waals surface area contributed by atoms with Crippen molar-refractivity contribution in [2.24, 2.45) is 0 Å². The third-order valence-corrected chi connectivity index (χ3v) is 2.71. The smallest absolute Gasteiger partial charge is 0.119 e. The van der Waals surface area contributed by atoms with Gasteiger partial charge in [0.2, 0.25) is 0 Å². The van der Waals surface area contributed by atoms with Crippen molar-refractivity contribution in [1.82, 2.24) is 0 Å². The summed E-state index contributed by atoms with van der Waals surface area (Å²) in [6.07, 6.45) is 0. The number of methoxy groups -OCH3 is 1. The molecule has 0 fully saturated rings. The first-order valence-electron chi connectivity index (χ1n) is 7.71. The predicted octanol–water partition coefficient (Wildman–Crippen LogP) is 5.67. The van der Waals surface area contributed by atoms with Crippen molar-refractivity contribution in [3.8, 4) is 5.75 Å². The number of rotatable bonds is 4. The molecule has 0 unspecified atom stereocenters. The van der Waals surface area contributed by atoms with Crippen molar-refractivity contribution < 1.29 is 4.74 Å². The summed E-state index contributed by atoms with van der Waals surface area (Å²) in [6, 6.07) is 16.5. The van der Waals surface area contributed by atoms with Crippen molar-refractivity contribution in [3.05, 3.63) is 59.7 Å². The fourth-order valence-electron chi connectivity index (χ4n) is 1.62. The highest BCUT2D eigenvalue weighted by molar-refractivity contribution is 5.46. The molecule has 0 aromatic heterocycles. The molecule has 0 aliphatic rings. The average molecular weight is 287 g/mol. The van der Waals surface area contributed by atoms with Crippen molar-refractivity contribution in [2.75, 3.05) is 12.4 Å². The molecule has 0 atom stereocenters. The normalized spacial score (nSPS) is 8.67. The van der Waals surface area contributed by atoms with Crippen LogP contribution in [0, 0.1) is 6.92 Å². The maximum Gasteiger partial charge on any atom is 0.119 e. The fourth-order valence-corrected chi connectivity index (χ4v) is 1.62. The standard InChI is InChI=1S/C15H17NO.2C2H6/c1-12-3-5-13(6-4-12)11-16-14-7-9-15(17-2)10-8-14;2*1-2/h3-10,16H,11H2,1-2H3;2*1-2H3. The minimum Gasteiger partial charge on any atom is -0.497 e. The number of aryl methyl sites for hydroxylation is 1. The number of hydrogen-bond donors (Lipinski definition) is 1. The van der Waals surface area contributed by atoms with Crippen LogP contribution in [0.3, 0.4) is 0 Å². The Labute approximate surface area is 130 Å². The lowest BCUT2D eigenvalue weighted by Crippen LogP contribution is -1.99. The molecule has 0 saturated heterocycles. The molecular weight excluding hydrogens is 258 g/mol. The number of anilines is 1. The molecule has 116 valence electrons. The lowest BCUT2D eigenvalue weighted by Gasteiger charge is -2.07. The first kappa shape index (κ1) is 19.0. The van der Waals surface area contributed by atoms with Gasteiger partial charge in [0.1, 0.15) is 5.75 Å². The van der Waals surface area contributed by atoms with Crippen molar-refractivity contribution in [3.63, 3.8) is 0 Å². The highest BCUT2D eigenvalue weighted by Gasteiger charge is 1.95. The van der Waals surface area contributed by atoms with E-state index < -0.39 is 0 Å². The number of benzene rings is 2. The molecule has 2 aromatic rings. The van der Waals surface area contributed by atoms with E-state index in [2.05, 4.69) is 36.5 Å². The van der Waals surface area contributed by atoms with Crippen LogP contribution >= 0.6 is 0 Å². The van der Waals surface area contributed by atoms with Gasteiger partial charge in [-0.05, 0) is 36.8 Å². The van der Waals surface area contributed by atoms with Crippen molar-refractivity contribution >= 4 is 5.69 Å². The summed E-state index contributed by atoms with van der Waals surface area (Å²) in [4.78, 5) is 0. The van der Waals surface area contributed by atoms with Crippen LogP contribution in [0.4, 0.5) is 5.69 Å². The van der Waals surface area contributed by atoms with Crippen LogP contribution < -0.4 is 10.1 Å². The van der Waals surface area contributed by atoms with Crippen LogP contribution in [0.2, 0.25) is 0 Å². The third-order valence-electron chi connectivity index (χ3n) is 2.71. The zero-order valence-corrected chi connectivity index (χ0v) is 14.2. The zero-order chi connectivity index (χ0) is 16.1. The van der Waals surface area contributed by atoms with E-state index in [9.17, 15) is 0 Å². The molecule has 21 heavy (non-hydrogen) atoms. The lowest BCUT2D eigenvalue weighted by atomic mass is 10.1. The summed E-state index contributed by atoms with van der Waals surface area (Å²) in [5, 5.41) is 3.38. The third kappa shape index (κ3) is 7.40. The van der Waals surface area contributed by atoms with E-state index in [-0.39, 0.29) is 0 Å². The van der Waals surface area contributed by atoms with Crippen molar-refractivity contribution in [1.29, 1.82) is 0 Å². The van der Waals surface area contributed by atoms with Gasteiger partial charge >= 0.3 is 0 Å². The number of hydrogen-bond acceptors (Lipinski definition) is 2. The Balaban J connectivity index is 0.000000921. The minimum absolute atomic E-state index is 0.840. The molecule has 0 bridgehead atoms. The van der Waals surface area contributed by atoms with E-state index in [0.29, 0.717) is 0 Å². The first-order chi connectivity index (χ1) is 10.3. The second-order valence-corrected chi connectivity index (χ2v) is 4.07. The monoisotopic (exact) mass is 287 g/mol. The second kappa shape index (κ2) is 11.8. The molecule has 0 radical (unpaired) electrons. The van der Waals surface area contributed by atoms with E-state index in [4.69, 9.17) is 4.74 Å². The molecule has 0 spiro atoms. The van der Waals surface area contributed by atoms with Crippen LogP contribution in [-0.2, 0) is 6.54 Å². The summed E-state index contributed by atoms with van der Waals surface area (Å²) in [6.45, 7) is 10.9. The van der Waals surface area contributed by atoms with Gasteiger partial charge in [0.25, 0.3) is 0 Å². The number of ether oxygens (including phenoxy) is 1. The molecule has 2 heteroatoms. The van der Waals surface area contributed by atoms with Gasteiger partial charge in [0, 0.05) is 12.2 Å². The van der Waals surface area contributed by atoms with Crippen molar-refractivity contribution in [2.45, 2.75) is 41.2 Å². The van der Waals surface area contributed by atoms with E-state index in [1.165, 1.54) is 11.1 Å². The van der Waals surface area contributed by atoms with Gasteiger partial charge in [-0.3, -0.25) is 0 Å². The molecule has 2 aromatic carbocycles. The molecule has 0 amide bonds. The van der Waals surface area contributed by atoms with E-state index in [1.807, 2.05) is 52.0 Å². The SMILES string of the molecule is CC.CC.COc1ccc(NCc2ccc(C)cc2)cc1. The van der Waals surface area contributed by atoms with Crippen LogP contribution in [0.1, 0.15) is 38.8 Å². The zero-order valence-electron chi connectivity index (χ0n) is 14.2. The van der Waals surface area contributed by atoms with Gasteiger partial charge in [0.15, 0.2) is 0 Å². The number of nitrogens with one attached hydrogen (secondary N) is 1. The Morgan fingerprint density at radius 1 is 0.810 bits per heavy atom. The first-order valence-corrected chi connectivity index (χ1v) is 7.71. The Kier molecular flexibility index (Phi) is 10.7. The Hall–Kier alpha value is -1.96. The largest absolute Gasteiger partial charge is 0.497 e. The van der Waals surface area contributed by atoms with Gasteiger partial charge in [-0.25, -0.2) is 0 Å². The van der Waals surface area contributed by atoms with Gasteiger partial charge in [-0.15, -0.1) is 0 Å². The Morgan fingerprint density at radius 2 is 1.33 bits per heavy atom. The Bertz CT molecular complexity index is 460. The summed E-state index contributed by atoms with van der Waals surface area (Å²) in [5.74, 6) is 0.880. The van der Waals surface area contributed by atoms with Gasteiger partial charge in [-0.2, -0.15) is 0 Å². The maximum absolute atomic E-state index is 5.12. The minimum atomic E-state index is 0.840. The quantitative estimate of drug-likeness (QED) is 0.782. The molecule has 0 saturated carbocycles. The van der Waals surface area contributed by atoms with Crippen LogP contribution in [0.15, 0.2) is 48.5 Å².